The van der Waals surface area contributed by atoms with E-state index in [4.69, 9.17) is 9.47 Å². The van der Waals surface area contributed by atoms with Crippen LogP contribution in [-0.4, -0.2) is 42.5 Å². The van der Waals surface area contributed by atoms with Gasteiger partial charge in [-0.2, -0.15) is 0 Å². The highest BCUT2D eigenvalue weighted by atomic mass is 16.5. The first kappa shape index (κ1) is 24.3. The van der Waals surface area contributed by atoms with Crippen LogP contribution in [0.15, 0.2) is 42.5 Å². The summed E-state index contributed by atoms with van der Waals surface area (Å²) in [6.45, 7) is 9.89. The van der Waals surface area contributed by atoms with E-state index in [9.17, 15) is 9.59 Å². The Morgan fingerprint density at radius 2 is 1.65 bits per heavy atom. The third kappa shape index (κ3) is 7.02. The minimum Gasteiger partial charge on any atom is -0.497 e. The number of benzene rings is 2. The molecule has 0 saturated heterocycles. The number of hydrogen-bond acceptors (Lipinski definition) is 4. The highest BCUT2D eigenvalue weighted by Gasteiger charge is 2.27. The summed E-state index contributed by atoms with van der Waals surface area (Å²) < 4.78 is 11.0. The molecule has 0 spiro atoms. The second kappa shape index (κ2) is 11.4. The van der Waals surface area contributed by atoms with Crippen molar-refractivity contribution in [1.29, 1.82) is 0 Å². The van der Waals surface area contributed by atoms with E-state index in [-0.39, 0.29) is 24.5 Å². The third-order valence-corrected chi connectivity index (χ3v) is 5.52. The Hall–Kier alpha value is -3.02. The lowest BCUT2D eigenvalue weighted by molar-refractivity contribution is -0.142. The minimum atomic E-state index is -0.632. The smallest absolute Gasteiger partial charge is 0.261 e. The van der Waals surface area contributed by atoms with Gasteiger partial charge in [-0.25, -0.2) is 0 Å². The van der Waals surface area contributed by atoms with Crippen LogP contribution in [0.25, 0.3) is 0 Å². The predicted octanol–water partition coefficient (Wildman–Crippen LogP) is 4.02. The molecule has 0 bridgehead atoms. The fourth-order valence-corrected chi connectivity index (χ4v) is 3.01. The van der Waals surface area contributed by atoms with Crippen molar-refractivity contribution in [2.75, 3.05) is 13.7 Å². The number of aryl methyl sites for hydroxylation is 2. The third-order valence-electron chi connectivity index (χ3n) is 5.52. The maximum atomic E-state index is 13.1. The monoisotopic (exact) mass is 426 g/mol. The van der Waals surface area contributed by atoms with Gasteiger partial charge in [0.2, 0.25) is 5.91 Å². The van der Waals surface area contributed by atoms with Crippen molar-refractivity contribution in [3.05, 3.63) is 59.2 Å². The zero-order chi connectivity index (χ0) is 23.0. The van der Waals surface area contributed by atoms with Crippen molar-refractivity contribution in [1.82, 2.24) is 10.2 Å². The molecule has 0 aliphatic heterocycles. The molecule has 0 saturated carbocycles. The fraction of sp³-hybridized carbons (Fsp3) is 0.440. The number of ether oxygens (including phenoxy) is 2. The van der Waals surface area contributed by atoms with Gasteiger partial charge in [0, 0.05) is 12.6 Å². The highest BCUT2D eigenvalue weighted by Crippen LogP contribution is 2.18. The predicted molar refractivity (Wildman–Crippen MR) is 122 cm³/mol. The van der Waals surface area contributed by atoms with E-state index in [0.29, 0.717) is 12.3 Å². The first-order valence-corrected chi connectivity index (χ1v) is 10.7. The summed E-state index contributed by atoms with van der Waals surface area (Å²) in [5, 5.41) is 2.96. The molecule has 2 amide bonds. The van der Waals surface area contributed by atoms with Gasteiger partial charge in [-0.05, 0) is 75.1 Å². The largest absolute Gasteiger partial charge is 0.497 e. The lowest BCUT2D eigenvalue weighted by Gasteiger charge is -2.29. The van der Waals surface area contributed by atoms with Gasteiger partial charge in [0.25, 0.3) is 5.91 Å². The van der Waals surface area contributed by atoms with E-state index in [1.54, 1.807) is 18.9 Å². The van der Waals surface area contributed by atoms with Crippen LogP contribution >= 0.6 is 0 Å². The van der Waals surface area contributed by atoms with Crippen LogP contribution in [0, 0.1) is 13.8 Å². The molecular weight excluding hydrogens is 392 g/mol. The Bertz CT molecular complexity index is 880. The molecule has 2 aromatic rings. The first-order valence-electron chi connectivity index (χ1n) is 10.7. The van der Waals surface area contributed by atoms with Gasteiger partial charge in [-0.1, -0.05) is 25.1 Å². The van der Waals surface area contributed by atoms with Crippen molar-refractivity contribution >= 4 is 11.8 Å². The molecule has 2 atom stereocenters. The summed E-state index contributed by atoms with van der Waals surface area (Å²) in [6, 6.07) is 12.6. The number of carbonyl (C=O) groups is 2. The zero-order valence-corrected chi connectivity index (χ0v) is 19.4. The minimum absolute atomic E-state index is 0.0414. The lowest BCUT2D eigenvalue weighted by atomic mass is 10.1. The van der Waals surface area contributed by atoms with E-state index < -0.39 is 6.04 Å². The maximum absolute atomic E-state index is 13.1. The molecule has 31 heavy (non-hydrogen) atoms. The van der Waals surface area contributed by atoms with Gasteiger partial charge in [-0.15, -0.1) is 0 Å². The van der Waals surface area contributed by atoms with Gasteiger partial charge in [0.15, 0.2) is 6.61 Å². The zero-order valence-electron chi connectivity index (χ0n) is 19.4. The first-order chi connectivity index (χ1) is 14.7. The molecule has 6 heteroatoms. The summed E-state index contributed by atoms with van der Waals surface area (Å²) in [6.07, 6.45) is 0.820. The highest BCUT2D eigenvalue weighted by molar-refractivity contribution is 5.88. The molecule has 0 aliphatic rings. The van der Waals surface area contributed by atoms with Crippen molar-refractivity contribution in [3.8, 4) is 11.5 Å². The van der Waals surface area contributed by atoms with Crippen LogP contribution in [0.1, 0.15) is 43.9 Å². The average molecular weight is 427 g/mol. The molecular formula is C25H34N2O4. The van der Waals surface area contributed by atoms with Crippen molar-refractivity contribution in [2.45, 2.75) is 59.7 Å². The topological polar surface area (TPSA) is 67.9 Å². The molecule has 0 unspecified atom stereocenters. The van der Waals surface area contributed by atoms with Crippen molar-refractivity contribution in [2.24, 2.45) is 0 Å². The second-order valence-corrected chi connectivity index (χ2v) is 7.90. The van der Waals surface area contributed by atoms with Crippen molar-refractivity contribution in [3.63, 3.8) is 0 Å². The van der Waals surface area contributed by atoms with Crippen LogP contribution in [0.5, 0.6) is 11.5 Å². The Kier molecular flexibility index (Phi) is 8.91. The molecule has 2 rings (SSSR count). The van der Waals surface area contributed by atoms with Crippen LogP contribution in [0.4, 0.5) is 0 Å². The standard InChI is InChI=1S/C25H34N2O4/c1-7-19(4)26-25(29)20(5)27(15-21-9-12-22(30-6)13-10-21)24(28)16-31-23-11-8-17(2)18(3)14-23/h8-14,19-20H,7,15-16H2,1-6H3,(H,26,29)/t19-,20+/m1/s1. The van der Waals surface area contributed by atoms with E-state index in [1.807, 2.05) is 70.2 Å². The number of hydrogen-bond donors (Lipinski definition) is 1. The Morgan fingerprint density at radius 1 is 1.00 bits per heavy atom. The number of carbonyl (C=O) groups excluding carboxylic acids is 2. The number of nitrogens with zero attached hydrogens (tertiary/aromatic N) is 1. The molecule has 0 fully saturated rings. The van der Waals surface area contributed by atoms with Gasteiger partial charge in [-0.3, -0.25) is 9.59 Å². The van der Waals surface area contributed by atoms with Crippen LogP contribution < -0.4 is 14.8 Å². The molecule has 1 N–H and O–H groups in total. The van der Waals surface area contributed by atoms with Gasteiger partial charge < -0.3 is 19.7 Å². The van der Waals surface area contributed by atoms with E-state index >= 15 is 0 Å². The molecule has 0 heterocycles. The maximum Gasteiger partial charge on any atom is 0.261 e. The Labute approximate surface area is 185 Å². The Morgan fingerprint density at radius 3 is 2.23 bits per heavy atom. The molecule has 0 aliphatic carbocycles. The number of methoxy groups -OCH3 is 1. The van der Waals surface area contributed by atoms with Crippen LogP contribution in [-0.2, 0) is 16.1 Å². The van der Waals surface area contributed by atoms with Crippen LogP contribution in [0.2, 0.25) is 0 Å². The van der Waals surface area contributed by atoms with Gasteiger partial charge >= 0.3 is 0 Å². The molecule has 6 nitrogen and oxygen atoms in total. The number of nitrogens with one attached hydrogen (secondary N) is 1. The summed E-state index contributed by atoms with van der Waals surface area (Å²) >= 11 is 0. The SMILES string of the molecule is CC[C@@H](C)NC(=O)[C@H](C)N(Cc1ccc(OC)cc1)C(=O)COc1ccc(C)c(C)c1. The summed E-state index contributed by atoms with van der Waals surface area (Å²) in [5.74, 6) is 0.947. The fourth-order valence-electron chi connectivity index (χ4n) is 3.01. The molecule has 0 radical (unpaired) electrons. The molecule has 2 aromatic carbocycles. The summed E-state index contributed by atoms with van der Waals surface area (Å²) in [7, 11) is 1.61. The van der Waals surface area contributed by atoms with Crippen LogP contribution in [0.3, 0.4) is 0 Å². The average Bonchev–Trinajstić information content (AvgIpc) is 2.77. The van der Waals surface area contributed by atoms with E-state index in [1.165, 1.54) is 0 Å². The van der Waals surface area contributed by atoms with E-state index in [0.717, 1.165) is 28.9 Å². The summed E-state index contributed by atoms with van der Waals surface area (Å²) in [4.78, 5) is 27.4. The second-order valence-electron chi connectivity index (χ2n) is 7.90. The molecule has 0 aromatic heterocycles. The van der Waals surface area contributed by atoms with E-state index in [2.05, 4.69) is 5.32 Å². The lowest BCUT2D eigenvalue weighted by Crippen LogP contribution is -2.50. The van der Waals surface area contributed by atoms with Gasteiger partial charge in [0.1, 0.15) is 17.5 Å². The van der Waals surface area contributed by atoms with Crippen molar-refractivity contribution < 1.29 is 19.1 Å². The molecule has 168 valence electrons. The normalized spacial score (nSPS) is 12.6. The Balaban J connectivity index is 2.16. The number of amides is 2. The number of rotatable bonds is 10. The van der Waals surface area contributed by atoms with Gasteiger partial charge in [0.05, 0.1) is 7.11 Å². The summed E-state index contributed by atoms with van der Waals surface area (Å²) in [5.41, 5.74) is 3.17. The quantitative estimate of drug-likeness (QED) is 0.623.